The summed E-state index contributed by atoms with van der Waals surface area (Å²) in [7, 11) is 0. The van der Waals surface area contributed by atoms with E-state index in [4.69, 9.17) is 11.0 Å². The van der Waals surface area contributed by atoms with Crippen LogP contribution >= 0.6 is 0 Å². The quantitative estimate of drug-likeness (QED) is 0.947. The number of hydrogen-bond acceptors (Lipinski definition) is 3. The molecule has 0 aromatic heterocycles. The van der Waals surface area contributed by atoms with Crippen LogP contribution in [0, 0.1) is 17.1 Å². The molecule has 112 valence electrons. The van der Waals surface area contributed by atoms with E-state index in [1.54, 1.807) is 0 Å². The fourth-order valence-corrected chi connectivity index (χ4v) is 2.91. The molecule has 0 fully saturated rings. The number of halogens is 1. The molecule has 2 N–H and O–H groups in total. The van der Waals surface area contributed by atoms with Crippen molar-refractivity contribution in [1.29, 1.82) is 5.26 Å². The van der Waals surface area contributed by atoms with Crippen molar-refractivity contribution in [2.45, 2.75) is 25.4 Å². The molecule has 3 rings (SSSR count). The van der Waals surface area contributed by atoms with Gasteiger partial charge in [-0.3, -0.25) is 0 Å². The molecule has 0 saturated heterocycles. The molecule has 22 heavy (non-hydrogen) atoms. The minimum Gasteiger partial charge on any atom is -0.367 e. The minimum atomic E-state index is -0.447. The number of benzene rings is 2. The van der Waals surface area contributed by atoms with Crippen molar-refractivity contribution in [3.05, 3.63) is 65.0 Å². The number of nitrogens with zero attached hydrogens (tertiary/aromatic N) is 2. The molecule has 0 bridgehead atoms. The number of fused-ring (bicyclic) bond motifs is 1. The lowest BCUT2D eigenvalue weighted by Crippen LogP contribution is -2.30. The van der Waals surface area contributed by atoms with Crippen molar-refractivity contribution in [2.24, 2.45) is 5.73 Å². The first-order valence-corrected chi connectivity index (χ1v) is 7.42. The summed E-state index contributed by atoms with van der Waals surface area (Å²) in [4.78, 5) is 2.25. The third-order valence-electron chi connectivity index (χ3n) is 4.10. The Labute approximate surface area is 129 Å². The first-order valence-electron chi connectivity index (χ1n) is 7.42. The maximum atomic E-state index is 13.0. The van der Waals surface area contributed by atoms with Crippen molar-refractivity contribution < 1.29 is 4.39 Å². The van der Waals surface area contributed by atoms with Crippen molar-refractivity contribution in [3.8, 4) is 6.07 Å². The molecule has 1 atom stereocenters. The van der Waals surface area contributed by atoms with Gasteiger partial charge in [0.05, 0.1) is 12.1 Å². The normalized spacial score (nSPS) is 15.0. The summed E-state index contributed by atoms with van der Waals surface area (Å²) in [6.07, 6.45) is 1.54. The Balaban J connectivity index is 1.76. The largest absolute Gasteiger partial charge is 0.367 e. The Hall–Kier alpha value is -2.38. The highest BCUT2D eigenvalue weighted by atomic mass is 19.1. The van der Waals surface area contributed by atoms with Gasteiger partial charge in [0.2, 0.25) is 0 Å². The van der Waals surface area contributed by atoms with Gasteiger partial charge in [0.25, 0.3) is 0 Å². The van der Waals surface area contributed by atoms with Crippen LogP contribution in [0.3, 0.4) is 0 Å². The van der Waals surface area contributed by atoms with E-state index < -0.39 is 6.04 Å². The van der Waals surface area contributed by atoms with Gasteiger partial charge in [0.1, 0.15) is 5.82 Å². The van der Waals surface area contributed by atoms with E-state index in [0.717, 1.165) is 30.8 Å². The second-order valence-corrected chi connectivity index (χ2v) is 5.69. The molecule has 2 aromatic carbocycles. The van der Waals surface area contributed by atoms with Crippen LogP contribution in [0.25, 0.3) is 0 Å². The van der Waals surface area contributed by atoms with E-state index in [9.17, 15) is 4.39 Å². The fraction of sp³-hybridized carbons (Fsp3) is 0.278. The fourth-order valence-electron chi connectivity index (χ4n) is 2.91. The summed E-state index contributed by atoms with van der Waals surface area (Å²) in [6.45, 7) is 1.73. The average Bonchev–Trinajstić information content (AvgIpc) is 2.55. The van der Waals surface area contributed by atoms with Crippen LogP contribution < -0.4 is 10.6 Å². The first-order chi connectivity index (χ1) is 10.7. The number of hydrogen-bond donors (Lipinski definition) is 1. The lowest BCUT2D eigenvalue weighted by atomic mass is 9.95. The SMILES string of the molecule is N#C[C@@H](N)Cc1ccc2c(c1)CCN(c1ccc(F)cc1)C2. The van der Waals surface area contributed by atoms with Crippen LogP contribution in [0.5, 0.6) is 0 Å². The molecule has 0 amide bonds. The predicted octanol–water partition coefficient (Wildman–Crippen LogP) is 2.78. The van der Waals surface area contributed by atoms with E-state index >= 15 is 0 Å². The minimum absolute atomic E-state index is 0.209. The van der Waals surface area contributed by atoms with Gasteiger partial charge < -0.3 is 10.6 Å². The Kier molecular flexibility index (Phi) is 4.08. The van der Waals surface area contributed by atoms with Crippen molar-refractivity contribution >= 4 is 5.69 Å². The van der Waals surface area contributed by atoms with Crippen molar-refractivity contribution in [1.82, 2.24) is 0 Å². The van der Waals surface area contributed by atoms with Gasteiger partial charge >= 0.3 is 0 Å². The number of nitriles is 1. The maximum Gasteiger partial charge on any atom is 0.123 e. The van der Waals surface area contributed by atoms with Crippen molar-refractivity contribution in [3.63, 3.8) is 0 Å². The highest BCUT2D eigenvalue weighted by molar-refractivity contribution is 5.50. The Morgan fingerprint density at radius 2 is 1.95 bits per heavy atom. The van der Waals surface area contributed by atoms with E-state index in [1.165, 1.54) is 23.3 Å². The molecule has 1 aliphatic heterocycles. The predicted molar refractivity (Wildman–Crippen MR) is 84.9 cm³/mol. The van der Waals surface area contributed by atoms with Crippen LogP contribution in [0.2, 0.25) is 0 Å². The van der Waals surface area contributed by atoms with Crippen LogP contribution in [0.15, 0.2) is 42.5 Å². The van der Waals surface area contributed by atoms with Crippen LogP contribution in [-0.2, 0) is 19.4 Å². The molecule has 3 nitrogen and oxygen atoms in total. The standard InChI is InChI=1S/C18H18FN3/c19-16-3-5-18(6-4-16)22-8-7-14-9-13(10-17(21)11-20)1-2-15(14)12-22/h1-6,9,17H,7-8,10,12,21H2/t17-/m0/s1. The Morgan fingerprint density at radius 3 is 2.68 bits per heavy atom. The second-order valence-electron chi connectivity index (χ2n) is 5.69. The van der Waals surface area contributed by atoms with Crippen LogP contribution in [0.1, 0.15) is 16.7 Å². The lowest BCUT2D eigenvalue weighted by Gasteiger charge is -2.31. The lowest BCUT2D eigenvalue weighted by molar-refractivity contribution is 0.627. The van der Waals surface area contributed by atoms with Gasteiger partial charge in [-0.25, -0.2) is 4.39 Å². The smallest absolute Gasteiger partial charge is 0.123 e. The number of rotatable bonds is 3. The molecular formula is C18H18FN3. The molecule has 0 radical (unpaired) electrons. The molecule has 0 unspecified atom stereocenters. The summed E-state index contributed by atoms with van der Waals surface area (Å²) in [5.41, 5.74) is 10.5. The zero-order valence-electron chi connectivity index (χ0n) is 12.3. The maximum absolute atomic E-state index is 13.0. The van der Waals surface area contributed by atoms with Gasteiger partial charge in [0.15, 0.2) is 0 Å². The highest BCUT2D eigenvalue weighted by Gasteiger charge is 2.17. The van der Waals surface area contributed by atoms with Gasteiger partial charge in [0, 0.05) is 25.2 Å². The summed E-state index contributed by atoms with van der Waals surface area (Å²) in [5, 5.41) is 8.81. The molecule has 0 saturated carbocycles. The van der Waals surface area contributed by atoms with Gasteiger partial charge in [-0.2, -0.15) is 5.26 Å². The van der Waals surface area contributed by atoms with Crippen LogP contribution in [-0.4, -0.2) is 12.6 Å². The molecule has 0 aliphatic carbocycles. The van der Waals surface area contributed by atoms with Crippen LogP contribution in [0.4, 0.5) is 10.1 Å². The summed E-state index contributed by atoms with van der Waals surface area (Å²) >= 11 is 0. The third kappa shape index (κ3) is 3.10. The van der Waals surface area contributed by atoms with E-state index in [0.29, 0.717) is 6.42 Å². The molecule has 0 spiro atoms. The van der Waals surface area contributed by atoms with Gasteiger partial charge in [-0.15, -0.1) is 0 Å². The second kappa shape index (κ2) is 6.17. The van der Waals surface area contributed by atoms with Crippen molar-refractivity contribution in [2.75, 3.05) is 11.4 Å². The zero-order chi connectivity index (χ0) is 15.5. The Morgan fingerprint density at radius 1 is 1.18 bits per heavy atom. The topological polar surface area (TPSA) is 53.1 Å². The van der Waals surface area contributed by atoms with Gasteiger partial charge in [-0.05, 0) is 47.4 Å². The summed E-state index contributed by atoms with van der Waals surface area (Å²) in [5.74, 6) is -0.209. The molecule has 4 heteroatoms. The third-order valence-corrected chi connectivity index (χ3v) is 4.10. The first kappa shape index (κ1) is 14.6. The molecule has 1 heterocycles. The van der Waals surface area contributed by atoms with Gasteiger partial charge in [-0.1, -0.05) is 18.2 Å². The summed E-state index contributed by atoms with van der Waals surface area (Å²) in [6, 6.07) is 14.6. The Bertz CT molecular complexity index is 703. The number of anilines is 1. The monoisotopic (exact) mass is 295 g/mol. The molecule has 1 aliphatic rings. The zero-order valence-corrected chi connectivity index (χ0v) is 12.3. The summed E-state index contributed by atoms with van der Waals surface area (Å²) < 4.78 is 13.0. The molecule has 2 aromatic rings. The van der Waals surface area contributed by atoms with E-state index in [2.05, 4.69) is 23.1 Å². The average molecular weight is 295 g/mol. The van der Waals surface area contributed by atoms with E-state index in [1.807, 2.05) is 18.2 Å². The molecular weight excluding hydrogens is 277 g/mol. The van der Waals surface area contributed by atoms with E-state index in [-0.39, 0.29) is 5.82 Å². The number of nitrogens with two attached hydrogens (primary N) is 1. The highest BCUT2D eigenvalue weighted by Crippen LogP contribution is 2.25.